The average Bonchev–Trinajstić information content (AvgIpc) is 3.03. The van der Waals surface area contributed by atoms with Crippen LogP contribution in [0.4, 0.5) is 4.39 Å². The number of methoxy groups -OCH3 is 1. The summed E-state index contributed by atoms with van der Waals surface area (Å²) in [7, 11) is 1.62. The molecule has 2 rings (SSSR count). The Hall–Kier alpha value is -1.95. The zero-order chi connectivity index (χ0) is 17.5. The predicted octanol–water partition coefficient (Wildman–Crippen LogP) is 1.93. The number of nitrogens with one attached hydrogen (secondary N) is 1. The van der Waals surface area contributed by atoms with Crippen LogP contribution in [0.2, 0.25) is 0 Å². The molecule has 0 aromatic heterocycles. The molecule has 1 heterocycles. The first-order chi connectivity index (χ1) is 11.6. The van der Waals surface area contributed by atoms with E-state index in [-0.39, 0.29) is 29.5 Å². The normalized spacial score (nSPS) is 20.2. The third-order valence-corrected chi connectivity index (χ3v) is 4.41. The number of carbonyl (C=O) groups is 2. The highest BCUT2D eigenvalue weighted by Crippen LogP contribution is 2.33. The van der Waals surface area contributed by atoms with Gasteiger partial charge in [-0.25, -0.2) is 4.39 Å². The maximum absolute atomic E-state index is 13.6. The van der Waals surface area contributed by atoms with Gasteiger partial charge in [0.1, 0.15) is 5.82 Å². The summed E-state index contributed by atoms with van der Waals surface area (Å²) in [6, 6.07) is 6.30. The van der Waals surface area contributed by atoms with Crippen LogP contribution in [0.3, 0.4) is 0 Å². The smallest absolute Gasteiger partial charge is 0.225 e. The number of ether oxygens (including phenoxy) is 1. The van der Waals surface area contributed by atoms with Crippen molar-refractivity contribution in [3.63, 3.8) is 0 Å². The fourth-order valence-corrected chi connectivity index (χ4v) is 3.13. The second kappa shape index (κ2) is 8.78. The minimum absolute atomic E-state index is 0.0195. The zero-order valence-corrected chi connectivity index (χ0v) is 14.3. The van der Waals surface area contributed by atoms with E-state index in [1.165, 1.54) is 12.1 Å². The zero-order valence-electron chi connectivity index (χ0n) is 14.3. The molecular weight excluding hydrogens is 311 g/mol. The number of benzene rings is 1. The number of carbonyl (C=O) groups excluding carboxylic acids is 2. The lowest BCUT2D eigenvalue weighted by atomic mass is 9.88. The predicted molar refractivity (Wildman–Crippen MR) is 89.0 cm³/mol. The minimum Gasteiger partial charge on any atom is -0.385 e. The van der Waals surface area contributed by atoms with E-state index in [4.69, 9.17) is 4.74 Å². The van der Waals surface area contributed by atoms with Gasteiger partial charge in [-0.2, -0.15) is 0 Å². The summed E-state index contributed by atoms with van der Waals surface area (Å²) in [6.07, 6.45) is 1.13. The number of nitrogens with zero attached hydrogens (tertiary/aromatic N) is 1. The van der Waals surface area contributed by atoms with Crippen LogP contribution in [-0.4, -0.2) is 50.1 Å². The molecule has 2 amide bonds. The van der Waals surface area contributed by atoms with E-state index in [1.54, 1.807) is 25.0 Å². The monoisotopic (exact) mass is 336 g/mol. The minimum atomic E-state index is -0.357. The Bertz CT molecular complexity index is 579. The third-order valence-electron chi connectivity index (χ3n) is 4.41. The summed E-state index contributed by atoms with van der Waals surface area (Å²) in [5.74, 6) is -0.937. The van der Waals surface area contributed by atoms with E-state index in [2.05, 4.69) is 5.32 Å². The lowest BCUT2D eigenvalue weighted by Crippen LogP contribution is -2.36. The van der Waals surface area contributed by atoms with Crippen molar-refractivity contribution in [1.82, 2.24) is 10.2 Å². The van der Waals surface area contributed by atoms with Gasteiger partial charge in [0.25, 0.3) is 0 Å². The van der Waals surface area contributed by atoms with Crippen LogP contribution in [-0.2, 0) is 14.3 Å². The number of hydrogen-bond acceptors (Lipinski definition) is 3. The summed E-state index contributed by atoms with van der Waals surface area (Å²) >= 11 is 0. The standard InChI is InChI=1S/C18H25FN2O3/c1-3-17(22)21-11-15(13-6-4-7-14(19)10-13)16(12-21)18(23)20-8-5-9-24-2/h4,6-7,10,15-16H,3,5,8-9,11-12H2,1-2H3,(H,20,23)/t15-,16+/m0/s1. The van der Waals surface area contributed by atoms with Gasteiger partial charge < -0.3 is 15.0 Å². The van der Waals surface area contributed by atoms with Gasteiger partial charge in [0.2, 0.25) is 11.8 Å². The highest BCUT2D eigenvalue weighted by molar-refractivity contribution is 5.83. The molecule has 6 heteroatoms. The highest BCUT2D eigenvalue weighted by Gasteiger charge is 2.39. The molecular formula is C18H25FN2O3. The maximum atomic E-state index is 13.6. The summed E-state index contributed by atoms with van der Waals surface area (Å²) in [4.78, 5) is 26.3. The lowest BCUT2D eigenvalue weighted by molar-refractivity contribution is -0.130. The molecule has 1 aliphatic rings. The Morgan fingerprint density at radius 2 is 2.17 bits per heavy atom. The Morgan fingerprint density at radius 1 is 1.38 bits per heavy atom. The molecule has 1 N–H and O–H groups in total. The molecule has 1 aliphatic heterocycles. The molecule has 0 spiro atoms. The van der Waals surface area contributed by atoms with E-state index in [0.29, 0.717) is 32.7 Å². The molecule has 1 saturated heterocycles. The maximum Gasteiger partial charge on any atom is 0.225 e. The van der Waals surface area contributed by atoms with E-state index >= 15 is 0 Å². The molecule has 0 bridgehead atoms. The van der Waals surface area contributed by atoms with Gasteiger partial charge in [0, 0.05) is 45.7 Å². The van der Waals surface area contributed by atoms with E-state index in [0.717, 1.165) is 12.0 Å². The topological polar surface area (TPSA) is 58.6 Å². The Labute approximate surface area is 142 Å². The molecule has 132 valence electrons. The summed E-state index contributed by atoms with van der Waals surface area (Å²) in [5.41, 5.74) is 0.762. The molecule has 0 saturated carbocycles. The van der Waals surface area contributed by atoms with E-state index in [9.17, 15) is 14.0 Å². The van der Waals surface area contributed by atoms with E-state index < -0.39 is 0 Å². The van der Waals surface area contributed by atoms with Gasteiger partial charge in [-0.05, 0) is 24.1 Å². The van der Waals surface area contributed by atoms with Gasteiger partial charge in [-0.15, -0.1) is 0 Å². The van der Waals surface area contributed by atoms with Crippen molar-refractivity contribution in [2.24, 2.45) is 5.92 Å². The largest absolute Gasteiger partial charge is 0.385 e. The molecule has 1 aromatic carbocycles. The Kier molecular flexibility index (Phi) is 6.73. The molecule has 1 aromatic rings. The molecule has 0 radical (unpaired) electrons. The Balaban J connectivity index is 2.11. The van der Waals surface area contributed by atoms with Crippen molar-refractivity contribution in [2.45, 2.75) is 25.7 Å². The fourth-order valence-electron chi connectivity index (χ4n) is 3.13. The average molecular weight is 336 g/mol. The van der Waals surface area contributed by atoms with Crippen molar-refractivity contribution < 1.29 is 18.7 Å². The first kappa shape index (κ1) is 18.4. The molecule has 1 fully saturated rings. The lowest BCUT2D eigenvalue weighted by Gasteiger charge is -2.18. The summed E-state index contributed by atoms with van der Waals surface area (Å²) in [6.45, 7) is 3.74. The van der Waals surface area contributed by atoms with E-state index in [1.807, 2.05) is 6.07 Å². The number of rotatable bonds is 7. The van der Waals surface area contributed by atoms with Crippen LogP contribution in [0, 0.1) is 11.7 Å². The molecule has 0 unspecified atom stereocenters. The quantitative estimate of drug-likeness (QED) is 0.774. The van der Waals surface area contributed by atoms with Crippen LogP contribution in [0.5, 0.6) is 0 Å². The number of likely N-dealkylation sites (tertiary alicyclic amines) is 1. The van der Waals surface area contributed by atoms with Crippen LogP contribution >= 0.6 is 0 Å². The second-order valence-electron chi connectivity index (χ2n) is 6.06. The number of hydrogen-bond donors (Lipinski definition) is 1. The van der Waals surface area contributed by atoms with Gasteiger partial charge in [-0.3, -0.25) is 9.59 Å². The summed E-state index contributed by atoms with van der Waals surface area (Å²) < 4.78 is 18.5. The second-order valence-corrected chi connectivity index (χ2v) is 6.06. The van der Waals surface area contributed by atoms with Crippen molar-refractivity contribution in [1.29, 1.82) is 0 Å². The van der Waals surface area contributed by atoms with Gasteiger partial charge in [0.05, 0.1) is 5.92 Å². The number of amides is 2. The van der Waals surface area contributed by atoms with Crippen molar-refractivity contribution in [3.05, 3.63) is 35.6 Å². The molecule has 2 atom stereocenters. The van der Waals surface area contributed by atoms with Crippen LogP contribution in [0.25, 0.3) is 0 Å². The Morgan fingerprint density at radius 3 is 2.83 bits per heavy atom. The number of halogens is 1. The first-order valence-electron chi connectivity index (χ1n) is 8.36. The highest BCUT2D eigenvalue weighted by atomic mass is 19.1. The molecule has 24 heavy (non-hydrogen) atoms. The van der Waals surface area contributed by atoms with Gasteiger partial charge in [0.15, 0.2) is 0 Å². The SMILES string of the molecule is CCC(=O)N1C[C@@H](C(=O)NCCCOC)[C@H](c2cccc(F)c2)C1. The van der Waals surface area contributed by atoms with Crippen LogP contribution in [0.1, 0.15) is 31.2 Å². The van der Waals surface area contributed by atoms with Crippen molar-refractivity contribution in [2.75, 3.05) is 33.4 Å². The van der Waals surface area contributed by atoms with Crippen molar-refractivity contribution >= 4 is 11.8 Å². The molecule has 5 nitrogen and oxygen atoms in total. The van der Waals surface area contributed by atoms with Gasteiger partial charge in [-0.1, -0.05) is 19.1 Å². The first-order valence-corrected chi connectivity index (χ1v) is 8.36. The molecule has 0 aliphatic carbocycles. The van der Waals surface area contributed by atoms with Crippen molar-refractivity contribution in [3.8, 4) is 0 Å². The van der Waals surface area contributed by atoms with Crippen LogP contribution in [0.15, 0.2) is 24.3 Å². The fraction of sp³-hybridized carbons (Fsp3) is 0.556. The van der Waals surface area contributed by atoms with Crippen LogP contribution < -0.4 is 5.32 Å². The summed E-state index contributed by atoms with van der Waals surface area (Å²) in [5, 5.41) is 2.90. The van der Waals surface area contributed by atoms with Gasteiger partial charge >= 0.3 is 0 Å². The third kappa shape index (κ3) is 4.54.